The van der Waals surface area contributed by atoms with Gasteiger partial charge in [-0.2, -0.15) is 0 Å². The van der Waals surface area contributed by atoms with Crippen LogP contribution >= 0.6 is 0 Å². The highest BCUT2D eigenvalue weighted by molar-refractivity contribution is 5.73. The van der Waals surface area contributed by atoms with Crippen molar-refractivity contribution in [3.63, 3.8) is 0 Å². The van der Waals surface area contributed by atoms with Crippen LogP contribution in [0.2, 0.25) is 0 Å². The number of carbonyl (C=O) groups is 1. The summed E-state index contributed by atoms with van der Waals surface area (Å²) in [6.07, 6.45) is 0.552. The summed E-state index contributed by atoms with van der Waals surface area (Å²) in [5, 5.41) is 12.4. The molecule has 2 aromatic rings. The Labute approximate surface area is 159 Å². The largest absolute Gasteiger partial charge is 0.493 e. The lowest BCUT2D eigenvalue weighted by molar-refractivity contribution is -0.140. The van der Waals surface area contributed by atoms with E-state index >= 15 is 0 Å². The fourth-order valence-corrected chi connectivity index (χ4v) is 2.70. The fraction of sp³-hybridized carbons (Fsp3) is 0.381. The molecule has 5 nitrogen and oxygen atoms in total. The molecule has 1 atom stereocenters. The Morgan fingerprint density at radius 3 is 2.56 bits per heavy atom. The van der Waals surface area contributed by atoms with E-state index in [4.69, 9.17) is 9.47 Å². The maximum atomic E-state index is 13.7. The first kappa shape index (κ1) is 20.7. The van der Waals surface area contributed by atoms with E-state index in [9.17, 15) is 14.3 Å². The molecular formula is C21H26FNO4. The summed E-state index contributed by atoms with van der Waals surface area (Å²) in [5.41, 5.74) is 1.34. The molecule has 1 unspecified atom stereocenters. The fourth-order valence-electron chi connectivity index (χ4n) is 2.70. The molecule has 0 fully saturated rings. The second-order valence-corrected chi connectivity index (χ2v) is 6.77. The summed E-state index contributed by atoms with van der Waals surface area (Å²) in [6, 6.07) is 11.2. The summed E-state index contributed by atoms with van der Waals surface area (Å²) in [7, 11) is 1.53. The van der Waals surface area contributed by atoms with Crippen LogP contribution in [0.4, 0.5) is 4.39 Å². The zero-order chi connectivity index (χ0) is 19.8. The van der Waals surface area contributed by atoms with Crippen LogP contribution < -0.4 is 14.8 Å². The minimum Gasteiger partial charge on any atom is -0.493 e. The minimum absolute atomic E-state index is 0.0934. The molecule has 0 aliphatic heterocycles. The van der Waals surface area contributed by atoms with Crippen molar-refractivity contribution < 1.29 is 23.8 Å². The van der Waals surface area contributed by atoms with Crippen LogP contribution in [-0.2, 0) is 17.9 Å². The standard InChI is InChI=1S/C21H26FNO4/c1-14(2)10-18(21(24)25)23-12-15-8-9-19(20(11-15)26-3)27-13-16-6-4-5-7-17(16)22/h4-9,11,14,18,23H,10,12-13H2,1-3H3,(H,24,25). The smallest absolute Gasteiger partial charge is 0.320 e. The SMILES string of the molecule is COc1cc(CNC(CC(C)C)C(=O)O)ccc1OCc1ccccc1F. The Kier molecular flexibility index (Phi) is 7.61. The number of benzene rings is 2. The number of carboxylic acids is 1. The quantitative estimate of drug-likeness (QED) is 0.657. The topological polar surface area (TPSA) is 67.8 Å². The number of hydrogen-bond acceptors (Lipinski definition) is 4. The molecule has 0 saturated heterocycles. The third kappa shape index (κ3) is 6.25. The monoisotopic (exact) mass is 375 g/mol. The van der Waals surface area contributed by atoms with Gasteiger partial charge in [0.05, 0.1) is 7.11 Å². The normalized spacial score (nSPS) is 12.0. The molecule has 6 heteroatoms. The van der Waals surface area contributed by atoms with Crippen LogP contribution in [-0.4, -0.2) is 24.2 Å². The van der Waals surface area contributed by atoms with Crippen LogP contribution in [0.25, 0.3) is 0 Å². The molecule has 0 radical (unpaired) electrons. The Morgan fingerprint density at radius 1 is 1.19 bits per heavy atom. The number of aliphatic carboxylic acids is 1. The van der Waals surface area contributed by atoms with Gasteiger partial charge in [-0.15, -0.1) is 0 Å². The molecule has 2 rings (SSSR count). The maximum absolute atomic E-state index is 13.7. The van der Waals surface area contributed by atoms with Crippen molar-refractivity contribution in [2.45, 2.75) is 39.5 Å². The number of halogens is 1. The zero-order valence-corrected chi connectivity index (χ0v) is 15.9. The lowest BCUT2D eigenvalue weighted by Crippen LogP contribution is -2.37. The first-order valence-corrected chi connectivity index (χ1v) is 8.90. The van der Waals surface area contributed by atoms with Crippen LogP contribution in [0.1, 0.15) is 31.4 Å². The van der Waals surface area contributed by atoms with Crippen LogP contribution in [0.3, 0.4) is 0 Å². The van der Waals surface area contributed by atoms with Gasteiger partial charge in [-0.05, 0) is 36.1 Å². The highest BCUT2D eigenvalue weighted by Crippen LogP contribution is 2.29. The molecule has 2 aromatic carbocycles. The van der Waals surface area contributed by atoms with Gasteiger partial charge in [-0.3, -0.25) is 4.79 Å². The van der Waals surface area contributed by atoms with E-state index in [1.165, 1.54) is 13.2 Å². The van der Waals surface area contributed by atoms with Crippen molar-refractivity contribution >= 4 is 5.97 Å². The third-order valence-corrected chi connectivity index (χ3v) is 4.13. The lowest BCUT2D eigenvalue weighted by Gasteiger charge is -2.17. The van der Waals surface area contributed by atoms with Crippen LogP contribution in [0, 0.1) is 11.7 Å². The predicted molar refractivity (Wildman–Crippen MR) is 101 cm³/mol. The molecule has 0 heterocycles. The molecule has 0 spiro atoms. The van der Waals surface area contributed by atoms with Gasteiger partial charge in [0.25, 0.3) is 0 Å². The van der Waals surface area contributed by atoms with Crippen molar-refractivity contribution in [2.24, 2.45) is 5.92 Å². The Bertz CT molecular complexity index is 764. The van der Waals surface area contributed by atoms with Gasteiger partial charge in [0.2, 0.25) is 0 Å². The highest BCUT2D eigenvalue weighted by atomic mass is 19.1. The molecule has 0 aromatic heterocycles. The molecule has 27 heavy (non-hydrogen) atoms. The average molecular weight is 375 g/mol. The molecule has 2 N–H and O–H groups in total. The van der Waals surface area contributed by atoms with Gasteiger partial charge in [-0.1, -0.05) is 38.1 Å². The lowest BCUT2D eigenvalue weighted by atomic mass is 10.0. The van der Waals surface area contributed by atoms with Gasteiger partial charge < -0.3 is 19.9 Å². The zero-order valence-electron chi connectivity index (χ0n) is 15.9. The predicted octanol–water partition coefficient (Wildman–Crippen LogP) is 4.00. The second kappa shape index (κ2) is 9.92. The Hall–Kier alpha value is -2.60. The molecule has 146 valence electrons. The molecule has 0 aliphatic rings. The maximum Gasteiger partial charge on any atom is 0.320 e. The number of carboxylic acid groups (broad SMARTS) is 1. The first-order chi connectivity index (χ1) is 12.9. The Balaban J connectivity index is 2.02. The van der Waals surface area contributed by atoms with Crippen LogP contribution in [0.15, 0.2) is 42.5 Å². The number of methoxy groups -OCH3 is 1. The second-order valence-electron chi connectivity index (χ2n) is 6.77. The van der Waals surface area contributed by atoms with Gasteiger partial charge in [0, 0.05) is 12.1 Å². The molecular weight excluding hydrogens is 349 g/mol. The van der Waals surface area contributed by atoms with E-state index in [0.717, 1.165) is 5.56 Å². The number of nitrogens with one attached hydrogen (secondary N) is 1. The number of rotatable bonds is 10. The van der Waals surface area contributed by atoms with Crippen molar-refractivity contribution in [2.75, 3.05) is 7.11 Å². The molecule has 0 amide bonds. The number of hydrogen-bond donors (Lipinski definition) is 2. The summed E-state index contributed by atoms with van der Waals surface area (Å²) in [4.78, 5) is 11.3. The summed E-state index contributed by atoms with van der Waals surface area (Å²) < 4.78 is 24.8. The highest BCUT2D eigenvalue weighted by Gasteiger charge is 2.18. The summed E-state index contributed by atoms with van der Waals surface area (Å²) >= 11 is 0. The first-order valence-electron chi connectivity index (χ1n) is 8.90. The molecule has 0 bridgehead atoms. The minimum atomic E-state index is -0.861. The van der Waals surface area contributed by atoms with E-state index in [2.05, 4.69) is 5.32 Å². The van der Waals surface area contributed by atoms with E-state index < -0.39 is 12.0 Å². The molecule has 0 saturated carbocycles. The van der Waals surface area contributed by atoms with Crippen molar-refractivity contribution in [3.05, 3.63) is 59.4 Å². The third-order valence-electron chi connectivity index (χ3n) is 4.13. The summed E-state index contributed by atoms with van der Waals surface area (Å²) in [6.45, 7) is 4.47. The Morgan fingerprint density at radius 2 is 1.93 bits per heavy atom. The summed E-state index contributed by atoms with van der Waals surface area (Å²) in [5.74, 6) is 0.118. The van der Waals surface area contributed by atoms with E-state index in [-0.39, 0.29) is 18.3 Å². The van der Waals surface area contributed by atoms with Gasteiger partial charge in [0.15, 0.2) is 11.5 Å². The van der Waals surface area contributed by atoms with Gasteiger partial charge in [0.1, 0.15) is 18.5 Å². The van der Waals surface area contributed by atoms with E-state index in [1.807, 2.05) is 19.9 Å². The van der Waals surface area contributed by atoms with Gasteiger partial charge >= 0.3 is 5.97 Å². The van der Waals surface area contributed by atoms with Crippen molar-refractivity contribution in [1.29, 1.82) is 0 Å². The number of ether oxygens (including phenoxy) is 2. The average Bonchev–Trinajstić information content (AvgIpc) is 2.64. The van der Waals surface area contributed by atoms with E-state index in [1.54, 1.807) is 30.3 Å². The van der Waals surface area contributed by atoms with Crippen molar-refractivity contribution in [3.8, 4) is 11.5 Å². The molecule has 0 aliphatic carbocycles. The van der Waals surface area contributed by atoms with Crippen molar-refractivity contribution in [1.82, 2.24) is 5.32 Å². The van der Waals surface area contributed by atoms with E-state index in [0.29, 0.717) is 30.0 Å². The van der Waals surface area contributed by atoms with Gasteiger partial charge in [-0.25, -0.2) is 4.39 Å². The van der Waals surface area contributed by atoms with Crippen LogP contribution in [0.5, 0.6) is 11.5 Å².